The van der Waals surface area contributed by atoms with Crippen LogP contribution in [0.3, 0.4) is 0 Å². The van der Waals surface area contributed by atoms with Gasteiger partial charge in [-0.2, -0.15) is 0 Å². The lowest BCUT2D eigenvalue weighted by molar-refractivity contribution is 0.0958. The van der Waals surface area contributed by atoms with Crippen molar-refractivity contribution in [2.75, 3.05) is 16.2 Å². The lowest BCUT2D eigenvalue weighted by atomic mass is 10.0. The van der Waals surface area contributed by atoms with Crippen LogP contribution < -0.4 is 9.62 Å². The number of anilines is 2. The summed E-state index contributed by atoms with van der Waals surface area (Å²) in [5.74, 6) is 0.0319. The first-order chi connectivity index (χ1) is 13.8. The summed E-state index contributed by atoms with van der Waals surface area (Å²) in [6.07, 6.45) is 3.14. The molecule has 3 aromatic rings. The van der Waals surface area contributed by atoms with Crippen LogP contribution in [0.4, 0.5) is 11.4 Å². The first kappa shape index (κ1) is 19.3. The van der Waals surface area contributed by atoms with Crippen LogP contribution >= 0.6 is 0 Å². The summed E-state index contributed by atoms with van der Waals surface area (Å²) < 4.78 is 33.7. The molecule has 1 aliphatic heterocycles. The molecule has 0 atom stereocenters. The second kappa shape index (κ2) is 7.40. The fourth-order valence-electron chi connectivity index (χ4n) is 3.69. The number of fused-ring (bicyclic) bond motifs is 1. The van der Waals surface area contributed by atoms with Crippen molar-refractivity contribution in [1.82, 2.24) is 0 Å². The van der Waals surface area contributed by atoms with Gasteiger partial charge in [0.25, 0.3) is 15.9 Å². The molecule has 150 valence electrons. The van der Waals surface area contributed by atoms with Crippen molar-refractivity contribution in [3.63, 3.8) is 0 Å². The highest BCUT2D eigenvalue weighted by Gasteiger charge is 2.26. The van der Waals surface area contributed by atoms with Crippen LogP contribution in [0.25, 0.3) is 0 Å². The van der Waals surface area contributed by atoms with E-state index in [1.807, 2.05) is 19.1 Å². The predicted molar refractivity (Wildman–Crippen MR) is 112 cm³/mol. The number of aryl methyl sites for hydroxylation is 3. The van der Waals surface area contributed by atoms with Gasteiger partial charge in [0.1, 0.15) is 0 Å². The summed E-state index contributed by atoms with van der Waals surface area (Å²) >= 11 is 0. The largest absolute Gasteiger partial charge is 0.459 e. The van der Waals surface area contributed by atoms with Crippen LogP contribution in [0, 0.1) is 13.8 Å². The molecular weight excluding hydrogens is 388 g/mol. The van der Waals surface area contributed by atoms with Crippen molar-refractivity contribution in [3.8, 4) is 0 Å². The average molecular weight is 410 g/mol. The minimum atomic E-state index is -3.74. The topological polar surface area (TPSA) is 79.6 Å². The Bertz CT molecular complexity index is 1170. The van der Waals surface area contributed by atoms with Crippen LogP contribution in [0.15, 0.2) is 64.1 Å². The third kappa shape index (κ3) is 3.78. The SMILES string of the molecule is Cc1ccc(S(=O)(=O)Nc2ccc3c(c2)N(C(=O)c2ccco2)CCC3)c(C)c1. The first-order valence-electron chi connectivity index (χ1n) is 9.43. The summed E-state index contributed by atoms with van der Waals surface area (Å²) in [5.41, 5.74) is 3.82. The number of nitrogens with zero attached hydrogens (tertiary/aromatic N) is 1. The van der Waals surface area contributed by atoms with Gasteiger partial charge in [-0.25, -0.2) is 8.42 Å². The molecule has 0 fully saturated rings. The molecule has 6 nitrogen and oxygen atoms in total. The third-order valence-electron chi connectivity index (χ3n) is 5.05. The van der Waals surface area contributed by atoms with E-state index >= 15 is 0 Å². The third-order valence-corrected chi connectivity index (χ3v) is 6.59. The van der Waals surface area contributed by atoms with Crippen molar-refractivity contribution in [2.24, 2.45) is 0 Å². The average Bonchev–Trinajstić information content (AvgIpc) is 3.21. The molecule has 4 rings (SSSR count). The molecule has 2 aromatic carbocycles. The first-order valence-corrected chi connectivity index (χ1v) is 10.9. The van der Waals surface area contributed by atoms with E-state index in [9.17, 15) is 13.2 Å². The van der Waals surface area contributed by atoms with Crippen LogP contribution in [0.5, 0.6) is 0 Å². The zero-order valence-electron chi connectivity index (χ0n) is 16.3. The van der Waals surface area contributed by atoms with Gasteiger partial charge in [-0.15, -0.1) is 0 Å². The predicted octanol–water partition coefficient (Wildman–Crippen LogP) is 4.29. The fourth-order valence-corrected chi connectivity index (χ4v) is 4.97. The van der Waals surface area contributed by atoms with E-state index in [0.717, 1.165) is 24.0 Å². The lowest BCUT2D eigenvalue weighted by Gasteiger charge is -2.29. The summed E-state index contributed by atoms with van der Waals surface area (Å²) in [6.45, 7) is 4.25. The lowest BCUT2D eigenvalue weighted by Crippen LogP contribution is -2.35. The fraction of sp³-hybridized carbons (Fsp3) is 0.227. The number of furan rings is 1. The molecule has 0 saturated carbocycles. The Balaban J connectivity index is 1.67. The van der Waals surface area contributed by atoms with Gasteiger partial charge in [0.15, 0.2) is 5.76 Å². The minimum absolute atomic E-state index is 0.231. The molecule has 7 heteroatoms. The maximum atomic E-state index is 12.9. The van der Waals surface area contributed by atoms with E-state index in [1.165, 1.54) is 6.26 Å². The Hall–Kier alpha value is -3.06. The van der Waals surface area contributed by atoms with Crippen LogP contribution in [-0.4, -0.2) is 20.9 Å². The molecule has 0 saturated heterocycles. The minimum Gasteiger partial charge on any atom is -0.459 e. The van der Waals surface area contributed by atoms with Gasteiger partial charge >= 0.3 is 0 Å². The smallest absolute Gasteiger partial charge is 0.293 e. The number of carbonyl (C=O) groups excluding carboxylic acids is 1. The van der Waals surface area contributed by atoms with Gasteiger partial charge in [-0.3, -0.25) is 9.52 Å². The quantitative estimate of drug-likeness (QED) is 0.696. The summed E-state index contributed by atoms with van der Waals surface area (Å²) in [6, 6.07) is 13.9. The molecule has 0 aliphatic carbocycles. The molecular formula is C22H22N2O4S. The molecule has 0 radical (unpaired) electrons. The Morgan fingerprint density at radius 1 is 1.10 bits per heavy atom. The second-order valence-electron chi connectivity index (χ2n) is 7.26. The summed E-state index contributed by atoms with van der Waals surface area (Å²) in [4.78, 5) is 14.7. The Labute approximate surface area is 170 Å². The van der Waals surface area contributed by atoms with E-state index < -0.39 is 10.0 Å². The Kier molecular flexibility index (Phi) is 4.92. The summed E-state index contributed by atoms with van der Waals surface area (Å²) in [7, 11) is -3.74. The van der Waals surface area contributed by atoms with Gasteiger partial charge in [-0.1, -0.05) is 23.8 Å². The number of hydrogen-bond acceptors (Lipinski definition) is 4. The summed E-state index contributed by atoms with van der Waals surface area (Å²) in [5, 5.41) is 0. The number of carbonyl (C=O) groups is 1. The molecule has 29 heavy (non-hydrogen) atoms. The molecule has 1 amide bonds. The van der Waals surface area contributed by atoms with E-state index in [4.69, 9.17) is 4.42 Å². The standard InChI is InChI=1S/C22H22N2O4S/c1-15-7-10-21(16(2)13-15)29(26,27)23-18-9-8-17-5-3-11-24(19(17)14-18)22(25)20-6-4-12-28-20/h4,6-10,12-14,23H,3,5,11H2,1-2H3. The van der Waals surface area contributed by atoms with E-state index in [0.29, 0.717) is 23.5 Å². The molecule has 1 aromatic heterocycles. The van der Waals surface area contributed by atoms with Crippen molar-refractivity contribution in [1.29, 1.82) is 0 Å². The zero-order valence-corrected chi connectivity index (χ0v) is 17.1. The number of benzene rings is 2. The zero-order chi connectivity index (χ0) is 20.6. The van der Waals surface area contributed by atoms with Crippen molar-refractivity contribution < 1.29 is 17.6 Å². The van der Waals surface area contributed by atoms with Gasteiger partial charge in [0.05, 0.1) is 16.8 Å². The number of nitrogens with one attached hydrogen (secondary N) is 1. The van der Waals surface area contributed by atoms with Crippen molar-refractivity contribution >= 4 is 27.3 Å². The second-order valence-corrected chi connectivity index (χ2v) is 8.91. The molecule has 1 aliphatic rings. The molecule has 2 heterocycles. The highest BCUT2D eigenvalue weighted by molar-refractivity contribution is 7.92. The van der Waals surface area contributed by atoms with Crippen LogP contribution in [0.2, 0.25) is 0 Å². The maximum absolute atomic E-state index is 12.9. The highest BCUT2D eigenvalue weighted by Crippen LogP contribution is 2.32. The van der Waals surface area contributed by atoms with Crippen LogP contribution in [0.1, 0.15) is 33.7 Å². The number of rotatable bonds is 4. The van der Waals surface area contributed by atoms with Gasteiger partial charge < -0.3 is 9.32 Å². The van der Waals surface area contributed by atoms with E-state index in [2.05, 4.69) is 4.72 Å². The number of amides is 1. The monoisotopic (exact) mass is 410 g/mol. The number of hydrogen-bond donors (Lipinski definition) is 1. The van der Waals surface area contributed by atoms with Gasteiger partial charge in [0.2, 0.25) is 0 Å². The van der Waals surface area contributed by atoms with Crippen molar-refractivity contribution in [2.45, 2.75) is 31.6 Å². The number of sulfonamides is 1. The maximum Gasteiger partial charge on any atom is 0.293 e. The van der Waals surface area contributed by atoms with Gasteiger partial charge in [-0.05, 0) is 68.1 Å². The van der Waals surface area contributed by atoms with Crippen molar-refractivity contribution in [3.05, 3.63) is 77.2 Å². The van der Waals surface area contributed by atoms with Crippen LogP contribution in [-0.2, 0) is 16.4 Å². The molecule has 0 spiro atoms. The Morgan fingerprint density at radius 3 is 2.66 bits per heavy atom. The van der Waals surface area contributed by atoms with E-state index in [1.54, 1.807) is 48.2 Å². The molecule has 0 bridgehead atoms. The molecule has 1 N–H and O–H groups in total. The van der Waals surface area contributed by atoms with E-state index in [-0.39, 0.29) is 16.6 Å². The normalized spacial score (nSPS) is 13.8. The van der Waals surface area contributed by atoms with Gasteiger partial charge in [0, 0.05) is 12.2 Å². The highest BCUT2D eigenvalue weighted by atomic mass is 32.2. The Morgan fingerprint density at radius 2 is 1.93 bits per heavy atom. The molecule has 0 unspecified atom stereocenters.